The molecule has 0 N–H and O–H groups in total. The van der Waals surface area contributed by atoms with E-state index >= 15 is 0 Å². The number of carbonyl (C=O) groups is 2. The van der Waals surface area contributed by atoms with Gasteiger partial charge in [0.2, 0.25) is 0 Å². The highest BCUT2D eigenvalue weighted by molar-refractivity contribution is 7.90. The van der Waals surface area contributed by atoms with Crippen molar-refractivity contribution in [3.63, 3.8) is 0 Å². The molecule has 1 aromatic carbocycles. The fourth-order valence-corrected chi connectivity index (χ4v) is 4.55. The smallest absolute Gasteiger partial charge is 0.409 e. The van der Waals surface area contributed by atoms with Crippen LogP contribution in [0.15, 0.2) is 24.3 Å². The van der Waals surface area contributed by atoms with Crippen LogP contribution in [0.25, 0.3) is 0 Å². The number of hydrogen-bond acceptors (Lipinski definition) is 6. The molecule has 28 heavy (non-hydrogen) atoms. The fraction of sp³-hybridized carbons (Fsp3) is 0.556. The summed E-state index contributed by atoms with van der Waals surface area (Å²) >= 11 is 0. The van der Waals surface area contributed by atoms with Crippen LogP contribution in [-0.4, -0.2) is 75.6 Å². The average Bonchev–Trinajstić information content (AvgIpc) is 2.69. The molecule has 1 saturated heterocycles. The van der Waals surface area contributed by atoms with Gasteiger partial charge in [0, 0.05) is 32.7 Å². The van der Waals surface area contributed by atoms with Gasteiger partial charge in [-0.25, -0.2) is 9.59 Å². The lowest BCUT2D eigenvalue weighted by atomic mass is 10.2. The maximum Gasteiger partial charge on any atom is 0.409 e. The molecule has 1 aliphatic rings. The summed E-state index contributed by atoms with van der Waals surface area (Å²) in [6, 6.07) is 6.35. The van der Waals surface area contributed by atoms with Crippen LogP contribution in [0, 0.1) is 0 Å². The van der Waals surface area contributed by atoms with E-state index in [1.807, 2.05) is 0 Å². The molecule has 0 bridgehead atoms. The zero-order chi connectivity index (χ0) is 20.7. The third-order valence-electron chi connectivity index (χ3n) is 4.30. The monoisotopic (exact) mass is 413 g/mol. The van der Waals surface area contributed by atoms with Gasteiger partial charge < -0.3 is 14.4 Å². The Morgan fingerprint density at radius 1 is 1.04 bits per heavy atom. The van der Waals surface area contributed by atoms with Crippen molar-refractivity contribution in [2.45, 2.75) is 20.8 Å². The summed E-state index contributed by atoms with van der Waals surface area (Å²) in [5.41, 5.74) is 0.681. The molecule has 1 heterocycles. The predicted octanol–water partition coefficient (Wildman–Crippen LogP) is 1.71. The number of ether oxygens (including phenoxy) is 2. The molecule has 0 aliphatic carbocycles. The van der Waals surface area contributed by atoms with E-state index in [1.54, 1.807) is 39.0 Å². The Labute approximate surface area is 166 Å². The van der Waals surface area contributed by atoms with Crippen molar-refractivity contribution < 1.29 is 27.5 Å². The quantitative estimate of drug-likeness (QED) is 0.632. The fourth-order valence-electron chi connectivity index (χ4n) is 2.94. The molecule has 1 aliphatic heterocycles. The van der Waals surface area contributed by atoms with E-state index in [9.17, 15) is 18.0 Å². The molecule has 9 nitrogen and oxygen atoms in total. The van der Waals surface area contributed by atoms with Crippen LogP contribution in [0.5, 0.6) is 0 Å². The van der Waals surface area contributed by atoms with Gasteiger partial charge in [0.1, 0.15) is 0 Å². The summed E-state index contributed by atoms with van der Waals surface area (Å²) in [5, 5.41) is 0. The van der Waals surface area contributed by atoms with E-state index < -0.39 is 22.3 Å². The highest BCUT2D eigenvalue weighted by Gasteiger charge is 2.33. The van der Waals surface area contributed by atoms with Gasteiger partial charge in [-0.1, -0.05) is 6.07 Å². The summed E-state index contributed by atoms with van der Waals surface area (Å²) in [6.45, 7) is 6.75. The first-order valence-electron chi connectivity index (χ1n) is 9.31. The largest absolute Gasteiger partial charge is 0.462 e. The standard InChI is InChI=1S/C18H27N3O6S/c1-4-21(16-9-7-8-15(14-16)17(22)26-5-2)28(24,25)20-12-10-19(11-13-20)18(23)27-6-3/h7-9,14H,4-6,10-13H2,1-3H3. The number of piperazine rings is 1. The lowest BCUT2D eigenvalue weighted by molar-refractivity contribution is 0.0526. The summed E-state index contributed by atoms with van der Waals surface area (Å²) in [5.74, 6) is -0.499. The minimum atomic E-state index is -3.81. The molecule has 0 atom stereocenters. The Morgan fingerprint density at radius 3 is 2.25 bits per heavy atom. The normalized spacial score (nSPS) is 15.2. The number of rotatable bonds is 7. The molecule has 0 aromatic heterocycles. The van der Waals surface area contributed by atoms with E-state index in [0.717, 1.165) is 0 Å². The predicted molar refractivity (Wildman–Crippen MR) is 105 cm³/mol. The molecule has 10 heteroatoms. The van der Waals surface area contributed by atoms with E-state index in [0.29, 0.717) is 11.3 Å². The van der Waals surface area contributed by atoms with Crippen molar-refractivity contribution >= 4 is 28.0 Å². The molecule has 0 saturated carbocycles. The van der Waals surface area contributed by atoms with E-state index in [1.165, 1.54) is 19.6 Å². The second kappa shape index (κ2) is 9.74. The number of hydrogen-bond donors (Lipinski definition) is 0. The Kier molecular flexibility index (Phi) is 7.64. The van der Waals surface area contributed by atoms with E-state index in [2.05, 4.69) is 0 Å². The zero-order valence-electron chi connectivity index (χ0n) is 16.5. The van der Waals surface area contributed by atoms with Gasteiger partial charge in [-0.15, -0.1) is 0 Å². The number of carbonyl (C=O) groups excluding carboxylic acids is 2. The molecule has 156 valence electrons. The summed E-state index contributed by atoms with van der Waals surface area (Å²) in [7, 11) is -3.81. The van der Waals surface area contributed by atoms with Crippen molar-refractivity contribution in [3.8, 4) is 0 Å². The molecular weight excluding hydrogens is 386 g/mol. The molecule has 0 spiro atoms. The molecule has 1 fully saturated rings. The number of esters is 1. The van der Waals surface area contributed by atoms with Crippen LogP contribution in [-0.2, 0) is 19.7 Å². The summed E-state index contributed by atoms with van der Waals surface area (Å²) in [4.78, 5) is 25.3. The van der Waals surface area contributed by atoms with Crippen molar-refractivity contribution in [2.75, 3.05) is 50.2 Å². The molecule has 2 rings (SSSR count). The van der Waals surface area contributed by atoms with Crippen molar-refractivity contribution in [1.29, 1.82) is 0 Å². The maximum atomic E-state index is 13.1. The lowest BCUT2D eigenvalue weighted by Crippen LogP contribution is -2.54. The minimum Gasteiger partial charge on any atom is -0.462 e. The molecular formula is C18H27N3O6S. The Hall–Kier alpha value is -2.33. The van der Waals surface area contributed by atoms with Crippen LogP contribution >= 0.6 is 0 Å². The Bertz CT molecular complexity index is 790. The van der Waals surface area contributed by atoms with Crippen LogP contribution < -0.4 is 4.31 Å². The topological polar surface area (TPSA) is 96.5 Å². The van der Waals surface area contributed by atoms with E-state index in [-0.39, 0.29) is 45.9 Å². The molecule has 1 amide bonds. The molecule has 0 radical (unpaired) electrons. The highest BCUT2D eigenvalue weighted by atomic mass is 32.2. The van der Waals surface area contributed by atoms with Gasteiger partial charge in [0.15, 0.2) is 0 Å². The molecule has 0 unspecified atom stereocenters. The first-order valence-corrected chi connectivity index (χ1v) is 10.7. The molecule has 1 aromatic rings. The maximum absolute atomic E-state index is 13.1. The van der Waals surface area contributed by atoms with Crippen LogP contribution in [0.1, 0.15) is 31.1 Å². The van der Waals surface area contributed by atoms with Gasteiger partial charge in [0.05, 0.1) is 24.5 Å². The summed E-state index contributed by atoms with van der Waals surface area (Å²) in [6.07, 6.45) is -0.436. The second-order valence-electron chi connectivity index (χ2n) is 6.03. The third-order valence-corrected chi connectivity index (χ3v) is 6.35. The van der Waals surface area contributed by atoms with E-state index in [4.69, 9.17) is 9.47 Å². The Morgan fingerprint density at radius 2 is 1.68 bits per heavy atom. The highest BCUT2D eigenvalue weighted by Crippen LogP contribution is 2.23. The van der Waals surface area contributed by atoms with Gasteiger partial charge in [0.25, 0.3) is 0 Å². The van der Waals surface area contributed by atoms with Crippen molar-refractivity contribution in [3.05, 3.63) is 29.8 Å². The number of amides is 1. The first-order chi connectivity index (χ1) is 13.3. The number of benzene rings is 1. The second-order valence-corrected chi connectivity index (χ2v) is 7.88. The van der Waals surface area contributed by atoms with Gasteiger partial charge >= 0.3 is 22.3 Å². The van der Waals surface area contributed by atoms with Crippen molar-refractivity contribution in [2.24, 2.45) is 0 Å². The van der Waals surface area contributed by atoms with Gasteiger partial charge in [-0.2, -0.15) is 12.7 Å². The zero-order valence-corrected chi connectivity index (χ0v) is 17.3. The number of anilines is 1. The van der Waals surface area contributed by atoms with Crippen LogP contribution in [0.3, 0.4) is 0 Å². The third kappa shape index (κ3) is 4.93. The van der Waals surface area contributed by atoms with Gasteiger partial charge in [-0.3, -0.25) is 4.31 Å². The minimum absolute atomic E-state index is 0.176. The Balaban J connectivity index is 2.16. The summed E-state index contributed by atoms with van der Waals surface area (Å²) < 4.78 is 38.8. The van der Waals surface area contributed by atoms with Crippen molar-refractivity contribution in [1.82, 2.24) is 9.21 Å². The first kappa shape index (κ1) is 22.0. The van der Waals surface area contributed by atoms with Crippen LogP contribution in [0.2, 0.25) is 0 Å². The number of nitrogens with zero attached hydrogens (tertiary/aromatic N) is 3. The SMILES string of the molecule is CCOC(=O)c1cccc(N(CC)S(=O)(=O)N2CCN(C(=O)OCC)CC2)c1. The average molecular weight is 413 g/mol. The van der Waals surface area contributed by atoms with Crippen LogP contribution in [0.4, 0.5) is 10.5 Å². The lowest BCUT2D eigenvalue weighted by Gasteiger charge is -2.36. The van der Waals surface area contributed by atoms with Gasteiger partial charge in [-0.05, 0) is 39.0 Å².